The van der Waals surface area contributed by atoms with Crippen LogP contribution < -0.4 is 5.32 Å². The van der Waals surface area contributed by atoms with Crippen LogP contribution in [-0.2, 0) is 23.7 Å². The highest BCUT2D eigenvalue weighted by Crippen LogP contribution is 2.30. The highest BCUT2D eigenvalue weighted by molar-refractivity contribution is 5.76. The maximum Gasteiger partial charge on any atom is 0.220 e. The quantitative estimate of drug-likeness (QED) is 0.0204. The summed E-state index contributed by atoms with van der Waals surface area (Å²) in [6, 6.07) is -0.914. The number of hydrogen-bond acceptors (Lipinski definition) is 13. The molecule has 0 bridgehead atoms. The highest BCUT2D eigenvalue weighted by atomic mass is 16.7. The highest BCUT2D eigenvalue weighted by Gasteiger charge is 2.51. The largest absolute Gasteiger partial charge is 0.394 e. The van der Waals surface area contributed by atoms with Crippen LogP contribution in [0.3, 0.4) is 0 Å². The number of ether oxygens (including phenoxy) is 4. The molecule has 0 spiro atoms. The molecule has 2 aliphatic rings. The van der Waals surface area contributed by atoms with Crippen molar-refractivity contribution in [2.75, 3.05) is 19.8 Å². The third kappa shape index (κ3) is 40.8. The van der Waals surface area contributed by atoms with E-state index in [1.54, 1.807) is 6.08 Å². The van der Waals surface area contributed by atoms with E-state index in [2.05, 4.69) is 43.5 Å². The summed E-state index contributed by atoms with van der Waals surface area (Å²) in [5.41, 5.74) is 0. The maximum absolute atomic E-state index is 13.3. The van der Waals surface area contributed by atoms with E-state index in [0.717, 1.165) is 44.9 Å². The molecule has 2 saturated heterocycles. The van der Waals surface area contributed by atoms with Crippen molar-refractivity contribution in [3.05, 3.63) is 36.5 Å². The van der Waals surface area contributed by atoms with Gasteiger partial charge in [-0.3, -0.25) is 4.79 Å². The van der Waals surface area contributed by atoms with Crippen molar-refractivity contribution in [2.45, 2.75) is 396 Å². The van der Waals surface area contributed by atoms with Crippen molar-refractivity contribution in [2.24, 2.45) is 0 Å². The van der Waals surface area contributed by atoms with Gasteiger partial charge in [0.15, 0.2) is 12.6 Å². The molecule has 86 heavy (non-hydrogen) atoms. The first-order chi connectivity index (χ1) is 42.1. The van der Waals surface area contributed by atoms with Gasteiger partial charge >= 0.3 is 0 Å². The van der Waals surface area contributed by atoms with Gasteiger partial charge in [-0.25, -0.2) is 0 Å². The lowest BCUT2D eigenvalue weighted by Crippen LogP contribution is -2.65. The Morgan fingerprint density at radius 2 is 0.767 bits per heavy atom. The van der Waals surface area contributed by atoms with Crippen LogP contribution in [0.5, 0.6) is 0 Å². The van der Waals surface area contributed by atoms with Crippen LogP contribution in [0, 0.1) is 0 Å². The molecule has 0 saturated carbocycles. The minimum absolute atomic E-state index is 0.233. The van der Waals surface area contributed by atoms with Crippen LogP contribution in [0.1, 0.15) is 322 Å². The Morgan fingerprint density at radius 3 is 1.16 bits per heavy atom. The van der Waals surface area contributed by atoms with E-state index in [4.69, 9.17) is 18.9 Å². The second kappa shape index (κ2) is 57.1. The molecule has 2 heterocycles. The van der Waals surface area contributed by atoms with Gasteiger partial charge in [-0.2, -0.15) is 0 Å². The monoisotopic (exact) mass is 1220 g/mol. The molecule has 0 aliphatic carbocycles. The fourth-order valence-corrected chi connectivity index (χ4v) is 12.0. The zero-order valence-electron chi connectivity index (χ0n) is 55.1. The van der Waals surface area contributed by atoms with Crippen molar-refractivity contribution in [3.63, 3.8) is 0 Å². The lowest BCUT2D eigenvalue weighted by molar-refractivity contribution is -0.359. The number of aliphatic hydroxyl groups is 8. The smallest absolute Gasteiger partial charge is 0.220 e. The number of carbonyl (C=O) groups is 1. The molecule has 14 heteroatoms. The van der Waals surface area contributed by atoms with E-state index in [9.17, 15) is 45.6 Å². The Balaban J connectivity index is 1.65. The van der Waals surface area contributed by atoms with Gasteiger partial charge in [-0.05, 0) is 51.4 Å². The number of nitrogens with one attached hydrogen (secondary N) is 1. The molecule has 0 aromatic carbocycles. The molecule has 506 valence electrons. The standard InChI is InChI=1S/C72H135NO13/c1-3-5-7-9-11-13-15-17-19-21-23-25-26-27-28-29-30-31-32-33-34-36-38-40-42-44-46-48-50-52-54-56-64(77)73-60(61(76)55-53-51-49-47-45-43-41-39-37-35-24-22-20-18-16-14-12-10-8-6-4-2)59-83-71-69(82)67(80)70(63(58-75)85-71)86-72-68(81)66(79)65(78)62(57-74)84-72/h15,17,21,23,53,55,60-63,65-72,74-76,78-82H,3-14,16,18-20,22,24-52,54,56-59H2,1-2H3,(H,73,77)/b17-15-,23-21-,55-53+. The predicted octanol–water partition coefficient (Wildman–Crippen LogP) is 14.9. The number of aliphatic hydroxyl groups excluding tert-OH is 8. The van der Waals surface area contributed by atoms with E-state index in [-0.39, 0.29) is 18.9 Å². The minimum atomic E-state index is -1.79. The first-order valence-corrected chi connectivity index (χ1v) is 36.2. The molecular weight excluding hydrogens is 1090 g/mol. The van der Waals surface area contributed by atoms with E-state index in [1.165, 1.54) is 250 Å². The van der Waals surface area contributed by atoms with Gasteiger partial charge in [-0.1, -0.05) is 301 Å². The van der Waals surface area contributed by atoms with Gasteiger partial charge in [0, 0.05) is 6.42 Å². The molecule has 2 rings (SSSR count). The zero-order chi connectivity index (χ0) is 62.3. The fourth-order valence-electron chi connectivity index (χ4n) is 12.0. The second-order valence-electron chi connectivity index (χ2n) is 25.7. The number of rotatable bonds is 60. The minimum Gasteiger partial charge on any atom is -0.394 e. The number of carbonyl (C=O) groups excluding carboxylic acids is 1. The molecule has 9 N–H and O–H groups in total. The molecule has 0 aromatic rings. The molecule has 12 atom stereocenters. The molecule has 1 amide bonds. The summed E-state index contributed by atoms with van der Waals surface area (Å²) in [6.45, 7) is 2.84. The zero-order valence-corrected chi connectivity index (χ0v) is 55.1. The summed E-state index contributed by atoms with van der Waals surface area (Å²) in [4.78, 5) is 13.3. The van der Waals surface area contributed by atoms with E-state index < -0.39 is 86.8 Å². The van der Waals surface area contributed by atoms with Crippen molar-refractivity contribution < 1.29 is 64.6 Å². The van der Waals surface area contributed by atoms with Crippen LogP contribution in [-0.4, -0.2) is 140 Å². The van der Waals surface area contributed by atoms with Crippen molar-refractivity contribution in [1.82, 2.24) is 5.32 Å². The van der Waals surface area contributed by atoms with Gasteiger partial charge in [0.25, 0.3) is 0 Å². The normalized spacial score (nSPS) is 23.6. The van der Waals surface area contributed by atoms with Gasteiger partial charge < -0.3 is 65.1 Å². The summed E-state index contributed by atoms with van der Waals surface area (Å²) in [7, 11) is 0. The number of amides is 1. The molecule has 0 aromatic heterocycles. The summed E-state index contributed by atoms with van der Waals surface area (Å²) in [5.74, 6) is -0.233. The Labute approximate surface area is 525 Å². The number of allylic oxidation sites excluding steroid dienone is 5. The first kappa shape index (κ1) is 80.3. The molecule has 2 aliphatic heterocycles. The van der Waals surface area contributed by atoms with E-state index in [1.807, 2.05) is 6.08 Å². The van der Waals surface area contributed by atoms with Gasteiger partial charge in [-0.15, -0.1) is 0 Å². The average Bonchev–Trinajstić information content (AvgIpc) is 2.54. The van der Waals surface area contributed by atoms with Gasteiger partial charge in [0.2, 0.25) is 5.91 Å². The molecular formula is C72H135NO13. The summed E-state index contributed by atoms with van der Waals surface area (Å²) < 4.78 is 22.9. The third-order valence-electron chi connectivity index (χ3n) is 17.8. The molecule has 2 fully saturated rings. The average molecular weight is 1220 g/mol. The van der Waals surface area contributed by atoms with E-state index >= 15 is 0 Å². The molecule has 0 radical (unpaired) electrons. The van der Waals surface area contributed by atoms with Crippen LogP contribution in [0.4, 0.5) is 0 Å². The van der Waals surface area contributed by atoms with Crippen LogP contribution in [0.15, 0.2) is 36.5 Å². The summed E-state index contributed by atoms with van der Waals surface area (Å²) in [6.07, 6.45) is 56.3. The maximum atomic E-state index is 13.3. The number of hydrogen-bond donors (Lipinski definition) is 9. The fraction of sp³-hybridized carbons (Fsp3) is 0.903. The van der Waals surface area contributed by atoms with Crippen LogP contribution in [0.25, 0.3) is 0 Å². The van der Waals surface area contributed by atoms with Crippen molar-refractivity contribution in [1.29, 1.82) is 0 Å². The first-order valence-electron chi connectivity index (χ1n) is 36.2. The molecule has 14 nitrogen and oxygen atoms in total. The third-order valence-corrected chi connectivity index (χ3v) is 17.8. The van der Waals surface area contributed by atoms with Crippen molar-refractivity contribution >= 4 is 5.91 Å². The van der Waals surface area contributed by atoms with Crippen LogP contribution >= 0.6 is 0 Å². The summed E-state index contributed by atoms with van der Waals surface area (Å²) in [5, 5.41) is 87.5. The lowest BCUT2D eigenvalue weighted by atomic mass is 9.97. The van der Waals surface area contributed by atoms with Crippen LogP contribution in [0.2, 0.25) is 0 Å². The molecule has 12 unspecified atom stereocenters. The predicted molar refractivity (Wildman–Crippen MR) is 351 cm³/mol. The number of unbranched alkanes of at least 4 members (excludes halogenated alkanes) is 43. The Kier molecular flexibility index (Phi) is 53.4. The summed E-state index contributed by atoms with van der Waals surface area (Å²) >= 11 is 0. The Bertz CT molecular complexity index is 1580. The Morgan fingerprint density at radius 1 is 0.419 bits per heavy atom. The van der Waals surface area contributed by atoms with Gasteiger partial charge in [0.05, 0.1) is 32.0 Å². The SMILES string of the molecule is CCCCCCC/C=C\C/C=C\CCCCCCCCCCCCCCCCCCCCCC(=O)NC(COC1OC(CO)C(OC2OC(CO)C(O)C(O)C2O)C(O)C1O)C(O)/C=C/CCCCCCCCCCCCCCCCCCCCC. The Hall–Kier alpha value is -1.79. The van der Waals surface area contributed by atoms with Crippen molar-refractivity contribution in [3.8, 4) is 0 Å². The van der Waals surface area contributed by atoms with E-state index in [0.29, 0.717) is 6.42 Å². The van der Waals surface area contributed by atoms with Gasteiger partial charge in [0.1, 0.15) is 48.8 Å². The second-order valence-corrected chi connectivity index (χ2v) is 25.7. The topological polar surface area (TPSA) is 228 Å². The lowest BCUT2D eigenvalue weighted by Gasteiger charge is -2.46.